The Bertz CT molecular complexity index is 581. The van der Waals surface area contributed by atoms with Gasteiger partial charge in [-0.1, -0.05) is 38.3 Å². The van der Waals surface area contributed by atoms with Crippen LogP contribution in [0.5, 0.6) is 0 Å². The second-order valence-corrected chi connectivity index (χ2v) is 10.7. The van der Waals surface area contributed by atoms with Crippen LogP contribution < -0.4 is 0 Å². The van der Waals surface area contributed by atoms with Crippen molar-refractivity contribution in [2.45, 2.75) is 90.6 Å². The van der Waals surface area contributed by atoms with Crippen LogP contribution in [0.25, 0.3) is 0 Å². The Morgan fingerprint density at radius 2 is 2.00 bits per heavy atom. The number of likely N-dealkylation sites (tertiary alicyclic amines) is 1. The quantitative estimate of drug-likeness (QED) is 0.409. The Labute approximate surface area is 178 Å². The minimum atomic E-state index is 0.341. The first kappa shape index (κ1) is 21.6. The standard InChI is InChI=1S/C26H43NO2/c1-20-8-11-25-24(23(20)7-6-17-28)10-9-21-19-22(12-13-26(21,25)2)29-18-16-27-14-4-3-5-15-27/h17,19-20,22-25H,3-16,18H2,1-2H3/t20-,22+,23?,24?,25?,26+/m1/s1. The topological polar surface area (TPSA) is 29.5 Å². The normalized spacial score (nSPS) is 40.6. The van der Waals surface area contributed by atoms with Crippen LogP contribution >= 0.6 is 0 Å². The molecule has 0 radical (unpaired) electrons. The van der Waals surface area contributed by atoms with Gasteiger partial charge in [-0.2, -0.15) is 0 Å². The van der Waals surface area contributed by atoms with Crippen LogP contribution in [-0.4, -0.2) is 43.5 Å². The predicted octanol–water partition coefficient (Wildman–Crippen LogP) is 5.64. The molecule has 1 aliphatic heterocycles. The Hall–Kier alpha value is -0.670. The van der Waals surface area contributed by atoms with E-state index >= 15 is 0 Å². The number of carbonyl (C=O) groups excluding carboxylic acids is 1. The molecule has 0 aromatic rings. The summed E-state index contributed by atoms with van der Waals surface area (Å²) in [5.74, 6) is 3.21. The highest BCUT2D eigenvalue weighted by molar-refractivity contribution is 5.49. The molecule has 1 saturated heterocycles. The largest absolute Gasteiger partial charge is 0.373 e. The first-order chi connectivity index (χ1) is 14.1. The smallest absolute Gasteiger partial charge is 0.120 e. The minimum Gasteiger partial charge on any atom is -0.373 e. The summed E-state index contributed by atoms with van der Waals surface area (Å²) in [4.78, 5) is 13.6. The number of aldehydes is 1. The Morgan fingerprint density at radius 3 is 2.79 bits per heavy atom. The lowest BCUT2D eigenvalue weighted by molar-refractivity contribution is -0.108. The predicted molar refractivity (Wildman–Crippen MR) is 119 cm³/mol. The van der Waals surface area contributed by atoms with Gasteiger partial charge >= 0.3 is 0 Å². The molecule has 1 heterocycles. The number of hydrogen-bond donors (Lipinski definition) is 0. The summed E-state index contributed by atoms with van der Waals surface area (Å²) < 4.78 is 6.35. The van der Waals surface area contributed by atoms with Gasteiger partial charge in [0.15, 0.2) is 0 Å². The van der Waals surface area contributed by atoms with Gasteiger partial charge in [0.25, 0.3) is 0 Å². The molecule has 0 N–H and O–H groups in total. The van der Waals surface area contributed by atoms with E-state index in [0.717, 1.165) is 56.0 Å². The van der Waals surface area contributed by atoms with Crippen molar-refractivity contribution in [1.29, 1.82) is 0 Å². The minimum absolute atomic E-state index is 0.341. The molecule has 6 atom stereocenters. The third-order valence-corrected chi connectivity index (χ3v) is 9.17. The summed E-state index contributed by atoms with van der Waals surface area (Å²) in [6.07, 6.45) is 17.8. The number of ether oxygens (including phenoxy) is 1. The Balaban J connectivity index is 1.36. The molecule has 2 saturated carbocycles. The average Bonchev–Trinajstić information content (AvgIpc) is 2.74. The first-order valence-electron chi connectivity index (χ1n) is 12.6. The van der Waals surface area contributed by atoms with Gasteiger partial charge in [-0.15, -0.1) is 0 Å². The van der Waals surface area contributed by atoms with Gasteiger partial charge in [-0.05, 0) is 93.5 Å². The number of carbonyl (C=O) groups is 1. The second-order valence-electron chi connectivity index (χ2n) is 10.7. The van der Waals surface area contributed by atoms with Crippen molar-refractivity contribution in [2.24, 2.45) is 29.1 Å². The summed E-state index contributed by atoms with van der Waals surface area (Å²) >= 11 is 0. The number of rotatable bonds is 7. The van der Waals surface area contributed by atoms with Crippen molar-refractivity contribution >= 4 is 6.29 Å². The Kier molecular flexibility index (Phi) is 7.17. The van der Waals surface area contributed by atoms with Gasteiger partial charge in [0.1, 0.15) is 6.29 Å². The maximum Gasteiger partial charge on any atom is 0.120 e. The van der Waals surface area contributed by atoms with Crippen molar-refractivity contribution in [1.82, 2.24) is 4.90 Å². The lowest BCUT2D eigenvalue weighted by Crippen LogP contribution is -2.48. The van der Waals surface area contributed by atoms with Crippen molar-refractivity contribution in [3.05, 3.63) is 11.6 Å². The molecular weight excluding hydrogens is 358 g/mol. The fourth-order valence-corrected chi connectivity index (χ4v) is 7.42. The van der Waals surface area contributed by atoms with Gasteiger partial charge in [0.2, 0.25) is 0 Å². The molecule has 3 heteroatoms. The highest BCUT2D eigenvalue weighted by Gasteiger charge is 2.51. The first-order valence-corrected chi connectivity index (χ1v) is 12.6. The number of allylic oxidation sites excluding steroid dienone is 1. The zero-order valence-corrected chi connectivity index (χ0v) is 18.9. The molecule has 3 nitrogen and oxygen atoms in total. The monoisotopic (exact) mass is 401 g/mol. The zero-order chi connectivity index (χ0) is 20.3. The highest BCUT2D eigenvalue weighted by Crippen LogP contribution is 2.60. The van der Waals surface area contributed by atoms with Gasteiger partial charge in [0.05, 0.1) is 12.7 Å². The molecule has 0 aromatic heterocycles. The van der Waals surface area contributed by atoms with Gasteiger partial charge in [-0.3, -0.25) is 0 Å². The fourth-order valence-electron chi connectivity index (χ4n) is 7.42. The summed E-state index contributed by atoms with van der Waals surface area (Å²) in [5.41, 5.74) is 2.09. The molecule has 4 rings (SSSR count). The van der Waals surface area contributed by atoms with Gasteiger partial charge in [0, 0.05) is 13.0 Å². The zero-order valence-electron chi connectivity index (χ0n) is 18.9. The molecule has 0 bridgehead atoms. The summed E-state index contributed by atoms with van der Waals surface area (Å²) in [6.45, 7) is 9.53. The number of hydrogen-bond acceptors (Lipinski definition) is 3. The van der Waals surface area contributed by atoms with Crippen LogP contribution in [0.15, 0.2) is 11.6 Å². The third-order valence-electron chi connectivity index (χ3n) is 9.17. The maximum absolute atomic E-state index is 11.0. The van der Waals surface area contributed by atoms with E-state index < -0.39 is 0 Å². The van der Waals surface area contributed by atoms with Crippen molar-refractivity contribution < 1.29 is 9.53 Å². The number of fused-ring (bicyclic) bond motifs is 3. The summed E-state index contributed by atoms with van der Waals surface area (Å²) in [7, 11) is 0. The van der Waals surface area contributed by atoms with Crippen LogP contribution in [0.1, 0.15) is 84.5 Å². The van der Waals surface area contributed by atoms with Crippen molar-refractivity contribution in [2.75, 3.05) is 26.2 Å². The van der Waals surface area contributed by atoms with Crippen LogP contribution in [0, 0.1) is 29.1 Å². The van der Waals surface area contributed by atoms with Gasteiger partial charge < -0.3 is 14.4 Å². The molecule has 0 aromatic carbocycles. The van der Waals surface area contributed by atoms with E-state index in [4.69, 9.17) is 4.74 Å². The second kappa shape index (κ2) is 9.64. The fraction of sp³-hybridized carbons (Fsp3) is 0.885. The van der Waals surface area contributed by atoms with Gasteiger partial charge in [-0.25, -0.2) is 0 Å². The maximum atomic E-state index is 11.0. The van der Waals surface area contributed by atoms with E-state index in [-0.39, 0.29) is 0 Å². The summed E-state index contributed by atoms with van der Waals surface area (Å²) in [5, 5.41) is 0. The average molecular weight is 402 g/mol. The highest BCUT2D eigenvalue weighted by atomic mass is 16.5. The molecule has 0 spiro atoms. The Morgan fingerprint density at radius 1 is 1.17 bits per heavy atom. The SMILES string of the molecule is C[C@@H]1CCC2C(CCC3=C[C@@H](OCCN4CCCCC4)CC[C@@]32C)C1CCC=O. The molecule has 4 aliphatic rings. The third kappa shape index (κ3) is 4.66. The molecule has 3 aliphatic carbocycles. The lowest BCUT2D eigenvalue weighted by atomic mass is 9.49. The molecule has 164 valence electrons. The van der Waals surface area contributed by atoms with E-state index in [1.807, 2.05) is 0 Å². The van der Waals surface area contributed by atoms with Crippen LogP contribution in [-0.2, 0) is 9.53 Å². The van der Waals surface area contributed by atoms with Crippen LogP contribution in [0.4, 0.5) is 0 Å². The van der Waals surface area contributed by atoms with E-state index in [1.54, 1.807) is 5.57 Å². The van der Waals surface area contributed by atoms with Crippen LogP contribution in [0.2, 0.25) is 0 Å². The van der Waals surface area contributed by atoms with Crippen molar-refractivity contribution in [3.63, 3.8) is 0 Å². The number of nitrogens with zero attached hydrogens (tertiary/aromatic N) is 1. The van der Waals surface area contributed by atoms with Crippen molar-refractivity contribution in [3.8, 4) is 0 Å². The van der Waals surface area contributed by atoms with E-state index in [1.165, 1.54) is 70.9 Å². The molecule has 3 fully saturated rings. The molecule has 0 amide bonds. The van der Waals surface area contributed by atoms with E-state index in [2.05, 4.69) is 24.8 Å². The molecule has 3 unspecified atom stereocenters. The lowest BCUT2D eigenvalue weighted by Gasteiger charge is -2.56. The molecule has 29 heavy (non-hydrogen) atoms. The van der Waals surface area contributed by atoms with E-state index in [0.29, 0.717) is 11.5 Å². The van der Waals surface area contributed by atoms with Crippen LogP contribution in [0.3, 0.4) is 0 Å². The molecular formula is C26H43NO2. The number of piperidine rings is 1. The van der Waals surface area contributed by atoms with E-state index in [9.17, 15) is 4.79 Å². The summed E-state index contributed by atoms with van der Waals surface area (Å²) in [6, 6.07) is 0.